The fourth-order valence-electron chi connectivity index (χ4n) is 3.50. The van der Waals surface area contributed by atoms with Crippen LogP contribution in [0.3, 0.4) is 0 Å². The maximum absolute atomic E-state index is 12.6. The van der Waals surface area contributed by atoms with Crippen molar-refractivity contribution in [1.29, 1.82) is 0 Å². The molecule has 1 aliphatic heterocycles. The molecule has 0 radical (unpaired) electrons. The molecule has 9 heteroatoms. The number of halogens is 3. The first-order chi connectivity index (χ1) is 14.3. The van der Waals surface area contributed by atoms with Crippen LogP contribution >= 0.6 is 0 Å². The molecule has 6 nitrogen and oxygen atoms in total. The van der Waals surface area contributed by atoms with E-state index < -0.39 is 11.7 Å². The number of alkyl halides is 3. The number of nitrogens with two attached hydrogens (primary N) is 1. The Morgan fingerprint density at radius 1 is 1.27 bits per heavy atom. The molecule has 1 aromatic rings. The molecular formula is C21H32F3N5O. The van der Waals surface area contributed by atoms with E-state index in [2.05, 4.69) is 20.5 Å². The molecule has 1 amide bonds. The molecule has 1 fully saturated rings. The summed E-state index contributed by atoms with van der Waals surface area (Å²) >= 11 is 0. The third-order valence-corrected chi connectivity index (χ3v) is 5.14. The lowest BCUT2D eigenvalue weighted by atomic mass is 9.97. The number of hydrogen-bond acceptors (Lipinski definition) is 3. The van der Waals surface area contributed by atoms with Crippen LogP contribution in [0.2, 0.25) is 0 Å². The Kier molecular flexibility index (Phi) is 9.42. The van der Waals surface area contributed by atoms with E-state index in [9.17, 15) is 18.0 Å². The SMILES string of the molecule is CCNC(=NCCCN1CCCC(C(N)=O)C1)NCCc1ccc(C(F)(F)F)cc1. The van der Waals surface area contributed by atoms with Crippen molar-refractivity contribution in [3.8, 4) is 0 Å². The molecule has 0 spiro atoms. The topological polar surface area (TPSA) is 82.8 Å². The van der Waals surface area contributed by atoms with Gasteiger partial charge in [0.25, 0.3) is 0 Å². The van der Waals surface area contributed by atoms with Gasteiger partial charge in [-0.15, -0.1) is 0 Å². The lowest BCUT2D eigenvalue weighted by molar-refractivity contribution is -0.137. The molecule has 2 rings (SSSR count). The van der Waals surface area contributed by atoms with Gasteiger partial charge < -0.3 is 21.3 Å². The minimum Gasteiger partial charge on any atom is -0.369 e. The van der Waals surface area contributed by atoms with Crippen molar-refractivity contribution in [3.63, 3.8) is 0 Å². The molecule has 0 aromatic heterocycles. The van der Waals surface area contributed by atoms with E-state index in [-0.39, 0.29) is 11.8 Å². The Labute approximate surface area is 176 Å². The zero-order valence-electron chi connectivity index (χ0n) is 17.5. The second kappa shape index (κ2) is 11.8. The van der Waals surface area contributed by atoms with Crippen molar-refractivity contribution in [3.05, 3.63) is 35.4 Å². The molecule has 1 unspecified atom stereocenters. The highest BCUT2D eigenvalue weighted by Gasteiger charge is 2.29. The van der Waals surface area contributed by atoms with Crippen molar-refractivity contribution >= 4 is 11.9 Å². The summed E-state index contributed by atoms with van der Waals surface area (Å²) in [6, 6.07) is 5.23. The minimum atomic E-state index is -4.31. The third kappa shape index (κ3) is 8.22. The Bertz CT molecular complexity index is 691. The molecule has 1 heterocycles. The molecule has 1 aromatic carbocycles. The normalized spacial score (nSPS) is 18.3. The molecule has 168 valence electrons. The molecule has 30 heavy (non-hydrogen) atoms. The number of guanidine groups is 1. The number of piperidine rings is 1. The van der Waals surface area contributed by atoms with Gasteiger partial charge in [-0.1, -0.05) is 12.1 Å². The maximum Gasteiger partial charge on any atom is 0.416 e. The fraction of sp³-hybridized carbons (Fsp3) is 0.619. The van der Waals surface area contributed by atoms with E-state index in [1.54, 1.807) is 0 Å². The first-order valence-corrected chi connectivity index (χ1v) is 10.5. The van der Waals surface area contributed by atoms with Gasteiger partial charge in [0.15, 0.2) is 5.96 Å². The second-order valence-corrected chi connectivity index (χ2v) is 7.53. The molecule has 1 atom stereocenters. The smallest absolute Gasteiger partial charge is 0.369 e. The van der Waals surface area contributed by atoms with Gasteiger partial charge in [-0.05, 0) is 63.4 Å². The van der Waals surface area contributed by atoms with Gasteiger partial charge in [0, 0.05) is 26.2 Å². The molecule has 0 bridgehead atoms. The standard InChI is InChI=1S/C21H32F3N5O/c1-2-26-20(27-11-4-14-29-13-3-5-17(15-29)19(25)30)28-12-10-16-6-8-18(9-7-16)21(22,23)24/h6-9,17H,2-5,10-15H2,1H3,(H2,25,30)(H2,26,27,28). The van der Waals surface area contributed by atoms with Crippen LogP contribution < -0.4 is 16.4 Å². The highest BCUT2D eigenvalue weighted by molar-refractivity contribution is 5.79. The highest BCUT2D eigenvalue weighted by Crippen LogP contribution is 2.29. The predicted octanol–water partition coefficient (Wildman–Crippen LogP) is 2.39. The van der Waals surface area contributed by atoms with Crippen molar-refractivity contribution < 1.29 is 18.0 Å². The van der Waals surface area contributed by atoms with E-state index in [4.69, 9.17) is 5.73 Å². The first-order valence-electron chi connectivity index (χ1n) is 10.5. The summed E-state index contributed by atoms with van der Waals surface area (Å²) in [5, 5.41) is 6.39. The maximum atomic E-state index is 12.6. The Morgan fingerprint density at radius 3 is 2.63 bits per heavy atom. The molecule has 0 saturated carbocycles. The van der Waals surface area contributed by atoms with E-state index in [0.29, 0.717) is 25.5 Å². The van der Waals surface area contributed by atoms with E-state index in [1.165, 1.54) is 12.1 Å². The largest absolute Gasteiger partial charge is 0.416 e. The van der Waals surface area contributed by atoms with Gasteiger partial charge in [-0.3, -0.25) is 9.79 Å². The number of nitrogens with zero attached hydrogens (tertiary/aromatic N) is 2. The number of amides is 1. The number of likely N-dealkylation sites (tertiary alicyclic amines) is 1. The number of nitrogens with one attached hydrogen (secondary N) is 2. The van der Waals surface area contributed by atoms with E-state index in [1.807, 2.05) is 6.92 Å². The Balaban J connectivity index is 1.73. The zero-order valence-corrected chi connectivity index (χ0v) is 17.5. The third-order valence-electron chi connectivity index (χ3n) is 5.14. The van der Waals surface area contributed by atoms with E-state index >= 15 is 0 Å². The van der Waals surface area contributed by atoms with Crippen LogP contribution in [0.15, 0.2) is 29.3 Å². The summed E-state index contributed by atoms with van der Waals surface area (Å²) in [6.07, 6.45) is -0.967. The average Bonchev–Trinajstić information content (AvgIpc) is 2.71. The number of primary amides is 1. The number of benzene rings is 1. The molecule has 4 N–H and O–H groups in total. The molecule has 1 aliphatic rings. The summed E-state index contributed by atoms with van der Waals surface area (Å²) in [5.41, 5.74) is 5.62. The quantitative estimate of drug-likeness (QED) is 0.321. The van der Waals surface area contributed by atoms with Crippen molar-refractivity contribution in [2.24, 2.45) is 16.6 Å². The van der Waals surface area contributed by atoms with Crippen LogP contribution in [0.25, 0.3) is 0 Å². The van der Waals surface area contributed by atoms with Crippen LogP contribution in [0.4, 0.5) is 13.2 Å². The van der Waals surface area contributed by atoms with Crippen LogP contribution in [0.5, 0.6) is 0 Å². The van der Waals surface area contributed by atoms with Crippen molar-refractivity contribution in [2.75, 3.05) is 39.3 Å². The lowest BCUT2D eigenvalue weighted by Gasteiger charge is -2.30. The monoisotopic (exact) mass is 427 g/mol. The number of hydrogen-bond donors (Lipinski definition) is 3. The summed E-state index contributed by atoms with van der Waals surface area (Å²) in [5.74, 6) is 0.425. The van der Waals surface area contributed by atoms with Gasteiger partial charge in [0.2, 0.25) is 5.91 Å². The average molecular weight is 428 g/mol. The lowest BCUT2D eigenvalue weighted by Crippen LogP contribution is -2.41. The molecule has 1 saturated heterocycles. The van der Waals surface area contributed by atoms with Crippen LogP contribution in [-0.2, 0) is 17.4 Å². The van der Waals surface area contributed by atoms with Gasteiger partial charge in [0.05, 0.1) is 11.5 Å². The van der Waals surface area contributed by atoms with Crippen molar-refractivity contribution in [2.45, 2.75) is 38.8 Å². The summed E-state index contributed by atoms with van der Waals surface area (Å²) in [7, 11) is 0. The Morgan fingerprint density at radius 2 is 2.00 bits per heavy atom. The number of rotatable bonds is 9. The summed E-state index contributed by atoms with van der Waals surface area (Å²) in [6.45, 7) is 6.50. The van der Waals surface area contributed by atoms with Crippen molar-refractivity contribution in [1.82, 2.24) is 15.5 Å². The minimum absolute atomic E-state index is 0.0496. The second-order valence-electron chi connectivity index (χ2n) is 7.53. The van der Waals surface area contributed by atoms with Gasteiger partial charge in [-0.2, -0.15) is 13.2 Å². The van der Waals surface area contributed by atoms with Gasteiger partial charge in [-0.25, -0.2) is 0 Å². The van der Waals surface area contributed by atoms with Gasteiger partial charge >= 0.3 is 6.18 Å². The molecule has 0 aliphatic carbocycles. The van der Waals surface area contributed by atoms with Crippen LogP contribution in [0.1, 0.15) is 37.3 Å². The summed E-state index contributed by atoms with van der Waals surface area (Å²) < 4.78 is 37.9. The summed E-state index contributed by atoms with van der Waals surface area (Å²) in [4.78, 5) is 18.2. The van der Waals surface area contributed by atoms with E-state index in [0.717, 1.165) is 63.1 Å². The number of carbonyl (C=O) groups is 1. The first kappa shape index (κ1) is 24.0. The number of carbonyl (C=O) groups excluding carboxylic acids is 1. The van der Waals surface area contributed by atoms with Crippen LogP contribution in [-0.4, -0.2) is 56.0 Å². The molecular weight excluding hydrogens is 395 g/mol. The van der Waals surface area contributed by atoms with Gasteiger partial charge in [0.1, 0.15) is 0 Å². The Hall–Kier alpha value is -2.29. The number of aliphatic imine (C=N–C) groups is 1. The highest BCUT2D eigenvalue weighted by atomic mass is 19.4. The predicted molar refractivity (Wildman–Crippen MR) is 112 cm³/mol. The zero-order chi connectivity index (χ0) is 22.0. The van der Waals surface area contributed by atoms with Crippen LogP contribution in [0, 0.1) is 5.92 Å². The fourth-order valence-corrected chi connectivity index (χ4v) is 3.50.